The van der Waals surface area contributed by atoms with Gasteiger partial charge < -0.3 is 0 Å². The van der Waals surface area contributed by atoms with Gasteiger partial charge in [-0.15, -0.1) is 21.5 Å². The van der Waals surface area contributed by atoms with E-state index in [0.29, 0.717) is 11.0 Å². The van der Waals surface area contributed by atoms with Gasteiger partial charge >= 0.3 is 0 Å². The highest BCUT2D eigenvalue weighted by atomic mass is 79.9. The minimum atomic E-state index is -3.60. The summed E-state index contributed by atoms with van der Waals surface area (Å²) in [6.07, 6.45) is 0.794. The number of anilines is 1. The lowest BCUT2D eigenvalue weighted by Gasteiger charge is -2.03. The Morgan fingerprint density at radius 2 is 2.05 bits per heavy atom. The number of rotatable bonds is 5. The van der Waals surface area contributed by atoms with Crippen LogP contribution in [0, 0.1) is 12.8 Å². The topological polar surface area (TPSA) is 72.0 Å². The number of nitrogens with zero attached hydrogens (tertiary/aromatic N) is 2. The molecule has 0 atom stereocenters. The lowest BCUT2D eigenvalue weighted by Crippen LogP contribution is -2.12. The van der Waals surface area contributed by atoms with Crippen LogP contribution in [0.25, 0.3) is 0 Å². The Bertz CT molecular complexity index is 706. The van der Waals surface area contributed by atoms with E-state index in [1.54, 1.807) is 13.0 Å². The smallest absolute Gasteiger partial charge is 0.253 e. The van der Waals surface area contributed by atoms with E-state index in [0.717, 1.165) is 20.1 Å². The van der Waals surface area contributed by atoms with Gasteiger partial charge in [0.15, 0.2) is 0 Å². The van der Waals surface area contributed by atoms with Crippen LogP contribution in [0.3, 0.4) is 0 Å². The van der Waals surface area contributed by atoms with Crippen molar-refractivity contribution in [3.05, 3.63) is 19.7 Å². The van der Waals surface area contributed by atoms with Crippen molar-refractivity contribution in [2.45, 2.75) is 32.1 Å². The second-order valence-electron chi connectivity index (χ2n) is 4.68. The number of nitrogens with one attached hydrogen (secondary N) is 1. The number of thiophene rings is 1. The van der Waals surface area contributed by atoms with Crippen molar-refractivity contribution < 1.29 is 8.42 Å². The Balaban J connectivity index is 2.20. The summed E-state index contributed by atoms with van der Waals surface area (Å²) in [5.74, 6) is 0.461. The number of hydrogen-bond acceptors (Lipinski definition) is 6. The molecule has 2 aromatic heterocycles. The van der Waals surface area contributed by atoms with E-state index in [-0.39, 0.29) is 4.90 Å². The van der Waals surface area contributed by atoms with Gasteiger partial charge in [0.25, 0.3) is 10.0 Å². The molecule has 0 spiro atoms. The van der Waals surface area contributed by atoms with Crippen LogP contribution in [0.15, 0.2) is 14.7 Å². The summed E-state index contributed by atoms with van der Waals surface area (Å²) in [5.41, 5.74) is 0. The van der Waals surface area contributed by atoms with Crippen molar-refractivity contribution in [3.63, 3.8) is 0 Å². The number of sulfonamides is 1. The minimum Gasteiger partial charge on any atom is -0.253 e. The van der Waals surface area contributed by atoms with Gasteiger partial charge in [-0.1, -0.05) is 25.2 Å². The van der Waals surface area contributed by atoms with Gasteiger partial charge in [0.2, 0.25) is 5.13 Å². The molecule has 0 saturated heterocycles. The molecule has 20 heavy (non-hydrogen) atoms. The van der Waals surface area contributed by atoms with E-state index in [1.807, 2.05) is 0 Å². The number of halogens is 1. The molecule has 9 heteroatoms. The van der Waals surface area contributed by atoms with Crippen molar-refractivity contribution in [1.82, 2.24) is 10.2 Å². The van der Waals surface area contributed by atoms with Gasteiger partial charge in [-0.05, 0) is 34.8 Å². The average molecular weight is 396 g/mol. The zero-order valence-corrected chi connectivity index (χ0v) is 15.2. The first-order chi connectivity index (χ1) is 9.28. The fraction of sp³-hybridized carbons (Fsp3) is 0.455. The van der Waals surface area contributed by atoms with E-state index < -0.39 is 10.0 Å². The van der Waals surface area contributed by atoms with Gasteiger partial charge in [-0.25, -0.2) is 8.42 Å². The standard InChI is InChI=1S/C11H14BrN3O2S3/c1-6(2)4-10-13-14-11(19-10)15-20(16,17)8-5-9(12)18-7(8)3/h5-6H,4H2,1-3H3,(H,14,15). The van der Waals surface area contributed by atoms with E-state index in [2.05, 4.69) is 44.7 Å². The molecule has 2 heterocycles. The Hall–Kier alpha value is -0.510. The third kappa shape index (κ3) is 3.78. The van der Waals surface area contributed by atoms with Crippen molar-refractivity contribution in [3.8, 4) is 0 Å². The molecule has 2 rings (SSSR count). The van der Waals surface area contributed by atoms with Crippen molar-refractivity contribution in [1.29, 1.82) is 0 Å². The monoisotopic (exact) mass is 395 g/mol. The average Bonchev–Trinajstić information content (AvgIpc) is 2.84. The van der Waals surface area contributed by atoms with Crippen LogP contribution in [-0.4, -0.2) is 18.6 Å². The second-order valence-corrected chi connectivity index (χ2v) is 10.0. The zero-order chi connectivity index (χ0) is 14.9. The normalized spacial score (nSPS) is 12.1. The molecule has 5 nitrogen and oxygen atoms in total. The van der Waals surface area contributed by atoms with Crippen LogP contribution in [0.1, 0.15) is 23.7 Å². The zero-order valence-electron chi connectivity index (χ0n) is 11.2. The van der Waals surface area contributed by atoms with Crippen LogP contribution < -0.4 is 4.72 Å². The van der Waals surface area contributed by atoms with Crippen LogP contribution in [-0.2, 0) is 16.4 Å². The first-order valence-electron chi connectivity index (χ1n) is 5.89. The molecule has 1 N–H and O–H groups in total. The van der Waals surface area contributed by atoms with Crippen LogP contribution >= 0.6 is 38.6 Å². The summed E-state index contributed by atoms with van der Waals surface area (Å²) in [6, 6.07) is 1.60. The summed E-state index contributed by atoms with van der Waals surface area (Å²) in [5, 5.41) is 9.03. The fourth-order valence-electron chi connectivity index (χ4n) is 1.59. The third-order valence-corrected chi connectivity index (χ3v) is 6.54. The Labute approximate surface area is 134 Å². The maximum absolute atomic E-state index is 12.3. The molecular formula is C11H14BrN3O2S3. The first kappa shape index (κ1) is 15.9. The molecule has 0 aromatic carbocycles. The molecule has 0 fully saturated rings. The first-order valence-corrected chi connectivity index (χ1v) is 9.80. The molecule has 0 radical (unpaired) electrons. The predicted octanol–water partition coefficient (Wildman–Crippen LogP) is 3.67. The summed E-state index contributed by atoms with van der Waals surface area (Å²) >= 11 is 5.95. The molecule has 0 bridgehead atoms. The van der Waals surface area contributed by atoms with Gasteiger partial charge in [-0.3, -0.25) is 4.72 Å². The molecule has 0 amide bonds. The minimum absolute atomic E-state index is 0.273. The Morgan fingerprint density at radius 3 is 2.60 bits per heavy atom. The fourth-order valence-corrected chi connectivity index (χ4v) is 6.19. The maximum Gasteiger partial charge on any atom is 0.264 e. The summed E-state index contributed by atoms with van der Waals surface area (Å²) in [4.78, 5) is 1.01. The van der Waals surface area contributed by atoms with Gasteiger partial charge in [0.1, 0.15) is 9.90 Å². The van der Waals surface area contributed by atoms with Crippen molar-refractivity contribution in [2.24, 2.45) is 5.92 Å². The summed E-state index contributed by atoms with van der Waals surface area (Å²) in [7, 11) is -3.60. The highest BCUT2D eigenvalue weighted by molar-refractivity contribution is 9.11. The predicted molar refractivity (Wildman–Crippen MR) is 86.0 cm³/mol. The number of hydrogen-bond donors (Lipinski definition) is 1. The Morgan fingerprint density at radius 1 is 1.35 bits per heavy atom. The molecule has 110 valence electrons. The van der Waals surface area contributed by atoms with Crippen LogP contribution in [0.5, 0.6) is 0 Å². The quantitative estimate of drug-likeness (QED) is 0.837. The second kappa shape index (κ2) is 6.08. The highest BCUT2D eigenvalue weighted by Crippen LogP contribution is 2.31. The van der Waals surface area contributed by atoms with E-state index in [9.17, 15) is 8.42 Å². The van der Waals surface area contributed by atoms with Gasteiger partial charge in [0.05, 0.1) is 3.79 Å². The summed E-state index contributed by atoms with van der Waals surface area (Å²) in [6.45, 7) is 5.93. The van der Waals surface area contributed by atoms with E-state index in [1.165, 1.54) is 22.7 Å². The molecule has 0 saturated carbocycles. The largest absolute Gasteiger partial charge is 0.264 e. The lowest BCUT2D eigenvalue weighted by atomic mass is 10.1. The SMILES string of the molecule is Cc1sc(Br)cc1S(=O)(=O)Nc1nnc(CC(C)C)s1. The third-order valence-electron chi connectivity index (χ3n) is 2.40. The van der Waals surface area contributed by atoms with E-state index >= 15 is 0 Å². The van der Waals surface area contributed by atoms with Crippen molar-refractivity contribution >= 4 is 53.8 Å². The highest BCUT2D eigenvalue weighted by Gasteiger charge is 2.21. The molecule has 0 aliphatic heterocycles. The van der Waals surface area contributed by atoms with Crippen LogP contribution in [0.4, 0.5) is 5.13 Å². The maximum atomic E-state index is 12.3. The molecular weight excluding hydrogens is 382 g/mol. The molecule has 0 unspecified atom stereocenters. The van der Waals surface area contributed by atoms with E-state index in [4.69, 9.17) is 0 Å². The van der Waals surface area contributed by atoms with Gasteiger partial charge in [-0.2, -0.15) is 0 Å². The lowest BCUT2D eigenvalue weighted by molar-refractivity contribution is 0.601. The summed E-state index contributed by atoms with van der Waals surface area (Å²) < 4.78 is 27.8. The number of aryl methyl sites for hydroxylation is 1. The van der Waals surface area contributed by atoms with Crippen molar-refractivity contribution in [2.75, 3.05) is 4.72 Å². The molecule has 2 aromatic rings. The Kier molecular flexibility index (Phi) is 4.83. The molecule has 0 aliphatic carbocycles. The number of aromatic nitrogens is 2. The van der Waals surface area contributed by atoms with Gasteiger partial charge in [0, 0.05) is 11.3 Å². The van der Waals surface area contributed by atoms with Crippen LogP contribution in [0.2, 0.25) is 0 Å². The molecule has 0 aliphatic rings.